The highest BCUT2D eigenvalue weighted by molar-refractivity contribution is 5.98. The molecule has 1 aromatic rings. The number of amides is 5. The SMILES string of the molecule is CCC[C@H](NC(=O)[C@@H]1CCCN1C(=O)[C@@H](NC(=O)[C@@H](NC(=O)c1cnccn1)C1CCCCC1)C(C)C)C(O)C(=O)NC1CC1. The second-order valence-corrected chi connectivity index (χ2v) is 13.0. The number of nitrogens with zero attached hydrogens (tertiary/aromatic N) is 3. The summed E-state index contributed by atoms with van der Waals surface area (Å²) in [6.45, 7) is 5.90. The summed E-state index contributed by atoms with van der Waals surface area (Å²) in [6.07, 6.45) is 11.2. The number of carbonyl (C=O) groups is 5. The third kappa shape index (κ3) is 9.21. The summed E-state index contributed by atoms with van der Waals surface area (Å²) < 4.78 is 0. The molecule has 5 N–H and O–H groups in total. The minimum absolute atomic E-state index is 0.0781. The molecular formula is C32H49N7O6. The van der Waals surface area contributed by atoms with E-state index in [9.17, 15) is 29.1 Å². The number of aliphatic hydroxyl groups is 1. The van der Waals surface area contributed by atoms with Crippen LogP contribution >= 0.6 is 0 Å². The lowest BCUT2D eigenvalue weighted by Crippen LogP contribution is -2.60. The lowest BCUT2D eigenvalue weighted by molar-refractivity contribution is -0.143. The predicted octanol–water partition coefficient (Wildman–Crippen LogP) is 1.21. The molecule has 0 radical (unpaired) electrons. The van der Waals surface area contributed by atoms with E-state index in [2.05, 4.69) is 31.2 Å². The smallest absolute Gasteiger partial charge is 0.272 e. The fourth-order valence-electron chi connectivity index (χ4n) is 6.33. The highest BCUT2D eigenvalue weighted by Gasteiger charge is 2.42. The second-order valence-electron chi connectivity index (χ2n) is 13.0. The molecule has 2 aliphatic carbocycles. The van der Waals surface area contributed by atoms with E-state index < -0.39 is 53.9 Å². The topological polar surface area (TPSA) is 183 Å². The Kier molecular flexibility index (Phi) is 12.3. The van der Waals surface area contributed by atoms with Crippen molar-refractivity contribution in [1.82, 2.24) is 36.1 Å². The summed E-state index contributed by atoms with van der Waals surface area (Å²) in [4.78, 5) is 76.3. The normalized spacial score (nSPS) is 21.4. The van der Waals surface area contributed by atoms with E-state index >= 15 is 0 Å². The van der Waals surface area contributed by atoms with Gasteiger partial charge in [0.2, 0.25) is 17.7 Å². The Morgan fingerprint density at radius 1 is 0.933 bits per heavy atom. The van der Waals surface area contributed by atoms with E-state index in [0.29, 0.717) is 32.2 Å². The first-order valence-electron chi connectivity index (χ1n) is 16.6. The molecule has 45 heavy (non-hydrogen) atoms. The van der Waals surface area contributed by atoms with Gasteiger partial charge in [-0.05, 0) is 56.8 Å². The van der Waals surface area contributed by atoms with E-state index in [4.69, 9.17) is 0 Å². The molecule has 3 aliphatic rings. The van der Waals surface area contributed by atoms with Gasteiger partial charge in [-0.2, -0.15) is 0 Å². The van der Waals surface area contributed by atoms with Crippen LogP contribution < -0.4 is 21.3 Å². The number of rotatable bonds is 14. The number of likely N-dealkylation sites (tertiary alicyclic amines) is 1. The van der Waals surface area contributed by atoms with Gasteiger partial charge in [0.1, 0.15) is 23.8 Å². The quantitative estimate of drug-likeness (QED) is 0.204. The van der Waals surface area contributed by atoms with Crippen LogP contribution in [0.3, 0.4) is 0 Å². The maximum atomic E-state index is 14.0. The van der Waals surface area contributed by atoms with Crippen LogP contribution in [0.25, 0.3) is 0 Å². The minimum Gasteiger partial charge on any atom is -0.381 e. The van der Waals surface area contributed by atoms with Crippen LogP contribution in [0.5, 0.6) is 0 Å². The van der Waals surface area contributed by atoms with Crippen LogP contribution in [0.4, 0.5) is 0 Å². The number of hydrogen-bond acceptors (Lipinski definition) is 8. The van der Waals surface area contributed by atoms with Gasteiger partial charge in [0.25, 0.3) is 11.8 Å². The molecule has 4 rings (SSSR count). The highest BCUT2D eigenvalue weighted by atomic mass is 16.3. The lowest BCUT2D eigenvalue weighted by Gasteiger charge is -2.34. The summed E-state index contributed by atoms with van der Waals surface area (Å²) in [5.41, 5.74) is 0.102. The third-order valence-electron chi connectivity index (χ3n) is 9.06. The van der Waals surface area contributed by atoms with Crippen molar-refractivity contribution < 1.29 is 29.1 Å². The maximum absolute atomic E-state index is 14.0. The molecule has 5 atom stereocenters. The van der Waals surface area contributed by atoms with Crippen molar-refractivity contribution in [3.8, 4) is 0 Å². The van der Waals surface area contributed by atoms with Crippen LogP contribution in [0, 0.1) is 11.8 Å². The van der Waals surface area contributed by atoms with E-state index in [0.717, 1.165) is 44.9 Å². The summed E-state index contributed by atoms with van der Waals surface area (Å²) in [5.74, 6) is -2.65. The van der Waals surface area contributed by atoms with Crippen LogP contribution in [-0.2, 0) is 19.2 Å². The first-order chi connectivity index (χ1) is 21.6. The molecular weight excluding hydrogens is 578 g/mol. The fraction of sp³-hybridized carbons (Fsp3) is 0.719. The number of aromatic nitrogens is 2. The van der Waals surface area contributed by atoms with Gasteiger partial charge in [0, 0.05) is 25.0 Å². The molecule has 3 fully saturated rings. The first kappa shape index (κ1) is 34.3. The van der Waals surface area contributed by atoms with Crippen LogP contribution in [0.2, 0.25) is 0 Å². The Labute approximate surface area is 265 Å². The van der Waals surface area contributed by atoms with E-state index in [-0.39, 0.29) is 29.5 Å². The van der Waals surface area contributed by atoms with Gasteiger partial charge in [-0.1, -0.05) is 46.5 Å². The molecule has 1 aliphatic heterocycles. The van der Waals surface area contributed by atoms with Gasteiger partial charge in [-0.3, -0.25) is 29.0 Å². The molecule has 1 unspecified atom stereocenters. The summed E-state index contributed by atoms with van der Waals surface area (Å²) in [7, 11) is 0. The van der Waals surface area contributed by atoms with Crippen LogP contribution in [-0.4, -0.2) is 92.4 Å². The zero-order chi connectivity index (χ0) is 32.5. The van der Waals surface area contributed by atoms with Gasteiger partial charge in [-0.15, -0.1) is 0 Å². The Hall–Kier alpha value is -3.61. The summed E-state index contributed by atoms with van der Waals surface area (Å²) >= 11 is 0. The van der Waals surface area contributed by atoms with Crippen molar-refractivity contribution in [2.24, 2.45) is 11.8 Å². The summed E-state index contributed by atoms with van der Waals surface area (Å²) in [6, 6.07) is -3.28. The van der Waals surface area contributed by atoms with Crippen molar-refractivity contribution in [2.45, 2.75) is 128 Å². The van der Waals surface area contributed by atoms with Crippen molar-refractivity contribution >= 4 is 29.5 Å². The molecule has 2 saturated carbocycles. The molecule has 0 aromatic carbocycles. The summed E-state index contributed by atoms with van der Waals surface area (Å²) in [5, 5.41) is 22.1. The van der Waals surface area contributed by atoms with Crippen LogP contribution in [0.15, 0.2) is 18.6 Å². The lowest BCUT2D eigenvalue weighted by atomic mass is 9.83. The average molecular weight is 628 g/mol. The number of carbonyl (C=O) groups excluding carboxylic acids is 5. The van der Waals surface area contributed by atoms with Gasteiger partial charge < -0.3 is 31.3 Å². The number of aliphatic hydroxyl groups excluding tert-OH is 1. The highest BCUT2D eigenvalue weighted by Crippen LogP contribution is 2.28. The van der Waals surface area contributed by atoms with Gasteiger partial charge in [0.05, 0.1) is 12.2 Å². The molecule has 5 amide bonds. The second kappa shape index (κ2) is 16.1. The van der Waals surface area contributed by atoms with Gasteiger partial charge in [-0.25, -0.2) is 4.98 Å². The van der Waals surface area contributed by atoms with E-state index in [1.807, 2.05) is 20.8 Å². The molecule has 1 saturated heterocycles. The number of hydrogen-bond donors (Lipinski definition) is 5. The van der Waals surface area contributed by atoms with Crippen molar-refractivity contribution in [3.63, 3.8) is 0 Å². The van der Waals surface area contributed by atoms with Crippen molar-refractivity contribution in [3.05, 3.63) is 24.3 Å². The third-order valence-corrected chi connectivity index (χ3v) is 9.06. The fourth-order valence-corrected chi connectivity index (χ4v) is 6.33. The molecule has 0 spiro atoms. The standard InChI is InChI=1S/C32H49N7O6/c1-4-9-22(27(40)31(44)35-21-13-14-21)36-29(42)24-12-8-17-39(24)32(45)25(19(2)3)37-30(43)26(20-10-6-5-7-11-20)38-28(41)23-18-33-15-16-34-23/h15-16,18-22,24-27,40H,4-14,17H2,1-3H3,(H,35,44)(H,36,42)(H,37,43)(H,38,41)/t22-,24-,25-,26-,27?/m0/s1. The Morgan fingerprint density at radius 3 is 2.29 bits per heavy atom. The molecule has 13 nitrogen and oxygen atoms in total. The van der Waals surface area contributed by atoms with Gasteiger partial charge in [0.15, 0.2) is 6.10 Å². The Bertz CT molecular complexity index is 1190. The van der Waals surface area contributed by atoms with E-state index in [1.165, 1.54) is 23.5 Å². The first-order valence-corrected chi connectivity index (χ1v) is 16.6. The monoisotopic (exact) mass is 627 g/mol. The molecule has 248 valence electrons. The molecule has 13 heteroatoms. The largest absolute Gasteiger partial charge is 0.381 e. The van der Waals surface area contributed by atoms with Gasteiger partial charge >= 0.3 is 0 Å². The molecule has 1 aromatic heterocycles. The minimum atomic E-state index is -1.39. The van der Waals surface area contributed by atoms with Crippen molar-refractivity contribution in [2.75, 3.05) is 6.54 Å². The predicted molar refractivity (Wildman–Crippen MR) is 165 cm³/mol. The average Bonchev–Trinajstić information content (AvgIpc) is 3.72. The Balaban J connectivity index is 1.45. The van der Waals surface area contributed by atoms with Crippen LogP contribution in [0.1, 0.15) is 102 Å². The zero-order valence-electron chi connectivity index (χ0n) is 26.7. The molecule has 0 bridgehead atoms. The maximum Gasteiger partial charge on any atom is 0.272 e. The zero-order valence-corrected chi connectivity index (χ0v) is 26.7. The Morgan fingerprint density at radius 2 is 1.67 bits per heavy atom. The number of nitrogens with one attached hydrogen (secondary N) is 4. The van der Waals surface area contributed by atoms with Crippen molar-refractivity contribution in [1.29, 1.82) is 0 Å². The van der Waals surface area contributed by atoms with E-state index in [1.54, 1.807) is 0 Å². The molecule has 2 heterocycles.